The van der Waals surface area contributed by atoms with Crippen molar-refractivity contribution in [2.45, 2.75) is 6.61 Å². The molecule has 0 saturated carbocycles. The van der Waals surface area contributed by atoms with Crippen LogP contribution in [0.2, 0.25) is 0 Å². The Hall–Kier alpha value is -2.37. The smallest absolute Gasteiger partial charge is 0.303 e. The first-order valence-electron chi connectivity index (χ1n) is 4.96. The Morgan fingerprint density at radius 2 is 2.24 bits per heavy atom. The Bertz CT molecular complexity index is 536. The molecule has 0 aliphatic rings. The molecule has 0 aromatic carbocycles. The van der Waals surface area contributed by atoms with Crippen LogP contribution in [0.25, 0.3) is 0 Å². The zero-order chi connectivity index (χ0) is 12.1. The Morgan fingerprint density at radius 3 is 2.88 bits per heavy atom. The van der Waals surface area contributed by atoms with Crippen LogP contribution in [-0.4, -0.2) is 22.0 Å². The minimum atomic E-state index is -0.319. The average molecular weight is 233 g/mol. The van der Waals surface area contributed by atoms with Crippen molar-refractivity contribution in [2.75, 3.05) is 7.11 Å². The van der Waals surface area contributed by atoms with E-state index in [1.807, 2.05) is 0 Å². The predicted octanol–water partition coefficient (Wildman–Crippen LogP) is 0.276. The van der Waals surface area contributed by atoms with Gasteiger partial charge in [0.05, 0.1) is 25.2 Å². The summed E-state index contributed by atoms with van der Waals surface area (Å²) < 4.78 is 4.98. The lowest BCUT2D eigenvalue weighted by atomic mass is 10.3. The maximum atomic E-state index is 11.3. The number of methoxy groups -OCH3 is 1. The Balaban J connectivity index is 2.02. The van der Waals surface area contributed by atoms with Gasteiger partial charge in [0.25, 0.3) is 0 Å². The molecule has 0 fully saturated rings. The number of hydrogen-bond donors (Lipinski definition) is 0. The third-order valence-corrected chi connectivity index (χ3v) is 2.05. The van der Waals surface area contributed by atoms with Crippen molar-refractivity contribution in [1.29, 1.82) is 0 Å². The number of hydrogen-bond acceptors (Lipinski definition) is 5. The fraction of sp³-hybridized carbons (Fsp3) is 0.182. The monoisotopic (exact) mass is 233 g/mol. The summed E-state index contributed by atoms with van der Waals surface area (Å²) in [5, 5.41) is 3.76. The molecule has 2 rings (SSSR count). The van der Waals surface area contributed by atoms with Crippen molar-refractivity contribution in [3.8, 4) is 5.75 Å². The van der Waals surface area contributed by atoms with E-state index in [1.54, 1.807) is 31.5 Å². The van der Waals surface area contributed by atoms with Crippen molar-refractivity contribution >= 4 is 0 Å². The fourth-order valence-corrected chi connectivity index (χ4v) is 1.19. The highest BCUT2D eigenvalue weighted by atomic mass is 16.7. The summed E-state index contributed by atoms with van der Waals surface area (Å²) >= 11 is 0. The highest BCUT2D eigenvalue weighted by molar-refractivity contribution is 5.19. The first-order chi connectivity index (χ1) is 8.29. The van der Waals surface area contributed by atoms with Gasteiger partial charge in [0.1, 0.15) is 5.75 Å². The SMILES string of the molecule is COc1ccc(COn2ncccc2=O)nc1. The van der Waals surface area contributed by atoms with E-state index < -0.39 is 0 Å². The minimum Gasteiger partial charge on any atom is -0.495 e. The van der Waals surface area contributed by atoms with E-state index in [9.17, 15) is 4.79 Å². The molecular weight excluding hydrogens is 222 g/mol. The first-order valence-corrected chi connectivity index (χ1v) is 4.96. The molecule has 0 spiro atoms. The van der Waals surface area contributed by atoms with Gasteiger partial charge in [-0.25, -0.2) is 0 Å². The number of rotatable bonds is 4. The second-order valence-electron chi connectivity index (χ2n) is 3.20. The molecular formula is C11H11N3O3. The predicted molar refractivity (Wildman–Crippen MR) is 59.6 cm³/mol. The molecule has 0 saturated heterocycles. The van der Waals surface area contributed by atoms with Crippen molar-refractivity contribution in [1.82, 2.24) is 14.9 Å². The van der Waals surface area contributed by atoms with Crippen LogP contribution in [0.4, 0.5) is 0 Å². The molecule has 0 bridgehead atoms. The van der Waals surface area contributed by atoms with Crippen LogP contribution in [0.5, 0.6) is 5.75 Å². The van der Waals surface area contributed by atoms with E-state index in [0.717, 1.165) is 4.85 Å². The summed E-state index contributed by atoms with van der Waals surface area (Å²) in [5.74, 6) is 0.670. The van der Waals surface area contributed by atoms with E-state index in [4.69, 9.17) is 9.57 Å². The third-order valence-electron chi connectivity index (χ3n) is 2.05. The molecule has 0 amide bonds. The summed E-state index contributed by atoms with van der Waals surface area (Å²) in [6.07, 6.45) is 3.06. The lowest BCUT2D eigenvalue weighted by Gasteiger charge is -2.05. The summed E-state index contributed by atoms with van der Waals surface area (Å²) in [6, 6.07) is 6.45. The lowest BCUT2D eigenvalue weighted by Crippen LogP contribution is -2.28. The molecule has 0 unspecified atom stereocenters. The molecule has 0 aliphatic carbocycles. The van der Waals surface area contributed by atoms with Crippen molar-refractivity contribution in [3.63, 3.8) is 0 Å². The number of aromatic nitrogens is 3. The topological polar surface area (TPSA) is 66.2 Å². The van der Waals surface area contributed by atoms with E-state index in [2.05, 4.69) is 10.1 Å². The van der Waals surface area contributed by atoms with Crippen LogP contribution in [0.15, 0.2) is 41.5 Å². The van der Waals surface area contributed by atoms with Gasteiger partial charge in [-0.3, -0.25) is 9.78 Å². The molecule has 17 heavy (non-hydrogen) atoms. The van der Waals surface area contributed by atoms with Crippen LogP contribution >= 0.6 is 0 Å². The van der Waals surface area contributed by atoms with Crippen LogP contribution in [-0.2, 0) is 6.61 Å². The normalized spacial score (nSPS) is 9.94. The van der Waals surface area contributed by atoms with E-state index in [1.165, 1.54) is 12.3 Å². The highest BCUT2D eigenvalue weighted by Gasteiger charge is 1.99. The fourth-order valence-electron chi connectivity index (χ4n) is 1.19. The summed E-state index contributed by atoms with van der Waals surface area (Å²) in [5.41, 5.74) is 0.365. The van der Waals surface area contributed by atoms with Gasteiger partial charge in [-0.05, 0) is 18.2 Å². The zero-order valence-electron chi connectivity index (χ0n) is 9.24. The van der Waals surface area contributed by atoms with Crippen LogP contribution in [0, 0.1) is 0 Å². The molecule has 2 aromatic heterocycles. The second kappa shape index (κ2) is 5.11. The average Bonchev–Trinajstić information content (AvgIpc) is 2.38. The summed E-state index contributed by atoms with van der Waals surface area (Å²) in [7, 11) is 1.57. The quantitative estimate of drug-likeness (QED) is 0.758. The number of nitrogens with zero attached hydrogens (tertiary/aromatic N) is 3. The van der Waals surface area contributed by atoms with Gasteiger partial charge in [-0.1, -0.05) is 4.85 Å². The lowest BCUT2D eigenvalue weighted by molar-refractivity contribution is 0.0575. The van der Waals surface area contributed by atoms with E-state index in [0.29, 0.717) is 11.4 Å². The zero-order valence-corrected chi connectivity index (χ0v) is 9.24. The van der Waals surface area contributed by atoms with E-state index >= 15 is 0 Å². The minimum absolute atomic E-state index is 0.168. The second-order valence-corrected chi connectivity index (χ2v) is 3.20. The van der Waals surface area contributed by atoms with Gasteiger partial charge in [0.2, 0.25) is 0 Å². The summed E-state index contributed by atoms with van der Waals surface area (Å²) in [6.45, 7) is 0.168. The van der Waals surface area contributed by atoms with Gasteiger partial charge >= 0.3 is 5.56 Å². The van der Waals surface area contributed by atoms with Gasteiger partial charge in [0.15, 0.2) is 6.61 Å². The maximum absolute atomic E-state index is 11.3. The molecule has 0 atom stereocenters. The molecule has 88 valence electrons. The molecule has 2 aromatic rings. The molecule has 2 heterocycles. The molecule has 6 nitrogen and oxygen atoms in total. The van der Waals surface area contributed by atoms with Crippen molar-refractivity contribution < 1.29 is 9.57 Å². The van der Waals surface area contributed by atoms with Gasteiger partial charge in [-0.2, -0.15) is 0 Å². The highest BCUT2D eigenvalue weighted by Crippen LogP contribution is 2.07. The Labute approximate surface area is 97.4 Å². The molecule has 0 aliphatic heterocycles. The van der Waals surface area contributed by atoms with Crippen molar-refractivity contribution in [3.05, 3.63) is 52.7 Å². The van der Waals surface area contributed by atoms with Crippen LogP contribution in [0.1, 0.15) is 5.69 Å². The number of pyridine rings is 1. The van der Waals surface area contributed by atoms with Crippen LogP contribution < -0.4 is 15.1 Å². The first kappa shape index (κ1) is 11.1. The maximum Gasteiger partial charge on any atom is 0.303 e. The van der Waals surface area contributed by atoms with Gasteiger partial charge in [-0.15, -0.1) is 5.10 Å². The van der Waals surface area contributed by atoms with E-state index in [-0.39, 0.29) is 12.2 Å². The molecule has 0 N–H and O–H groups in total. The van der Waals surface area contributed by atoms with Crippen molar-refractivity contribution in [2.24, 2.45) is 0 Å². The largest absolute Gasteiger partial charge is 0.495 e. The standard InChI is InChI=1S/C11H11N3O3/c1-16-10-5-4-9(12-7-10)8-17-14-11(15)3-2-6-13-14/h2-7H,8H2,1H3. The third kappa shape index (κ3) is 2.81. The summed E-state index contributed by atoms with van der Waals surface area (Å²) in [4.78, 5) is 21.5. The Kier molecular flexibility index (Phi) is 3.34. The van der Waals surface area contributed by atoms with Crippen LogP contribution in [0.3, 0.4) is 0 Å². The van der Waals surface area contributed by atoms with Gasteiger partial charge in [0, 0.05) is 6.07 Å². The van der Waals surface area contributed by atoms with Gasteiger partial charge < -0.3 is 9.57 Å². The molecule has 6 heteroatoms. The Morgan fingerprint density at radius 1 is 1.35 bits per heavy atom. The molecule has 0 radical (unpaired) electrons. The number of ether oxygens (including phenoxy) is 1.